The Hall–Kier alpha value is -0.590. The zero-order valence-corrected chi connectivity index (χ0v) is 12.1. The van der Waals surface area contributed by atoms with Gasteiger partial charge in [0.1, 0.15) is 0 Å². The van der Waals surface area contributed by atoms with E-state index in [2.05, 4.69) is 13.0 Å². The number of nitrogens with zero attached hydrogens (tertiary/aromatic N) is 1. The minimum Gasteiger partial charge on any atom is -0.391 e. The van der Waals surface area contributed by atoms with E-state index in [9.17, 15) is 10.4 Å². The van der Waals surface area contributed by atoms with E-state index >= 15 is 0 Å². The van der Waals surface area contributed by atoms with Gasteiger partial charge in [0.2, 0.25) is 0 Å². The first-order chi connectivity index (χ1) is 9.22. The van der Waals surface area contributed by atoms with Gasteiger partial charge < -0.3 is 9.84 Å². The van der Waals surface area contributed by atoms with E-state index in [-0.39, 0.29) is 5.92 Å². The summed E-state index contributed by atoms with van der Waals surface area (Å²) in [6.45, 7) is 3.70. The minimum atomic E-state index is -0.480. The molecular weight excluding hydrogens is 238 g/mol. The molecule has 0 aromatic carbocycles. The molecule has 1 atom stereocenters. The Morgan fingerprint density at radius 2 is 1.89 bits per heavy atom. The molecule has 1 heterocycles. The van der Waals surface area contributed by atoms with Crippen molar-refractivity contribution in [3.63, 3.8) is 0 Å². The van der Waals surface area contributed by atoms with Crippen molar-refractivity contribution in [3.05, 3.63) is 0 Å². The van der Waals surface area contributed by atoms with Gasteiger partial charge >= 0.3 is 0 Å². The molecule has 108 valence electrons. The fraction of sp³-hybridized carbons (Fsp3) is 0.938. The van der Waals surface area contributed by atoms with Gasteiger partial charge in [-0.15, -0.1) is 0 Å². The molecule has 0 spiro atoms. The predicted octanol–water partition coefficient (Wildman–Crippen LogP) is 3.27. The van der Waals surface area contributed by atoms with Gasteiger partial charge in [0, 0.05) is 13.2 Å². The highest BCUT2D eigenvalue weighted by Gasteiger charge is 2.44. The molecule has 1 aliphatic heterocycles. The Morgan fingerprint density at radius 1 is 1.26 bits per heavy atom. The number of aliphatic hydroxyl groups is 1. The molecule has 1 aliphatic carbocycles. The molecule has 1 saturated carbocycles. The average molecular weight is 265 g/mol. The van der Waals surface area contributed by atoms with Gasteiger partial charge in [0.05, 0.1) is 17.6 Å². The summed E-state index contributed by atoms with van der Waals surface area (Å²) in [5, 5.41) is 20.3. The first kappa shape index (κ1) is 14.8. The maximum atomic E-state index is 10.7. The van der Waals surface area contributed by atoms with Crippen molar-refractivity contribution in [2.45, 2.75) is 64.4 Å². The molecule has 0 aromatic heterocycles. The number of nitriles is 1. The van der Waals surface area contributed by atoms with Gasteiger partial charge in [-0.05, 0) is 50.4 Å². The smallest absolute Gasteiger partial charge is 0.0835 e. The summed E-state index contributed by atoms with van der Waals surface area (Å²) in [5.41, 5.74) is -0.480. The molecule has 0 amide bonds. The maximum Gasteiger partial charge on any atom is 0.0835 e. The van der Waals surface area contributed by atoms with Gasteiger partial charge in [-0.1, -0.05) is 19.8 Å². The van der Waals surface area contributed by atoms with E-state index in [0.29, 0.717) is 0 Å². The lowest BCUT2D eigenvalue weighted by Gasteiger charge is -2.42. The maximum absolute atomic E-state index is 10.7. The third kappa shape index (κ3) is 3.30. The Labute approximate surface area is 117 Å². The normalized spacial score (nSPS) is 34.7. The monoisotopic (exact) mass is 265 g/mol. The van der Waals surface area contributed by atoms with Crippen LogP contribution in [-0.4, -0.2) is 24.4 Å². The van der Waals surface area contributed by atoms with E-state index in [4.69, 9.17) is 4.74 Å². The molecule has 1 N–H and O–H groups in total. The summed E-state index contributed by atoms with van der Waals surface area (Å²) >= 11 is 0. The van der Waals surface area contributed by atoms with E-state index in [1.165, 1.54) is 12.8 Å². The Balaban J connectivity index is 1.97. The first-order valence-electron chi connectivity index (χ1n) is 7.89. The molecule has 3 heteroatoms. The molecule has 2 fully saturated rings. The van der Waals surface area contributed by atoms with Crippen LogP contribution in [0, 0.1) is 28.6 Å². The Kier molecular flexibility index (Phi) is 5.24. The van der Waals surface area contributed by atoms with Crippen LogP contribution in [-0.2, 0) is 4.74 Å². The number of aliphatic hydroxyl groups excluding tert-OH is 1. The lowest BCUT2D eigenvalue weighted by atomic mass is 9.64. The van der Waals surface area contributed by atoms with Crippen LogP contribution in [0.2, 0.25) is 0 Å². The molecular formula is C16H27NO2. The highest BCUT2D eigenvalue weighted by molar-refractivity contribution is 5.07. The second-order valence-corrected chi connectivity index (χ2v) is 6.39. The quantitative estimate of drug-likeness (QED) is 0.848. The van der Waals surface area contributed by atoms with Gasteiger partial charge in [-0.3, -0.25) is 0 Å². The Bertz CT molecular complexity index is 309. The number of hydrogen-bond acceptors (Lipinski definition) is 3. The van der Waals surface area contributed by atoms with Crippen molar-refractivity contribution in [2.75, 3.05) is 13.2 Å². The Morgan fingerprint density at radius 3 is 2.42 bits per heavy atom. The number of rotatable bonds is 4. The summed E-state index contributed by atoms with van der Waals surface area (Å²) in [7, 11) is 0. The zero-order valence-electron chi connectivity index (χ0n) is 12.1. The van der Waals surface area contributed by atoms with Crippen LogP contribution < -0.4 is 0 Å². The van der Waals surface area contributed by atoms with Crippen molar-refractivity contribution in [3.8, 4) is 6.07 Å². The van der Waals surface area contributed by atoms with Crippen LogP contribution >= 0.6 is 0 Å². The van der Waals surface area contributed by atoms with E-state index in [1.54, 1.807) is 0 Å². The molecule has 3 nitrogen and oxygen atoms in total. The van der Waals surface area contributed by atoms with Crippen LogP contribution in [0.4, 0.5) is 0 Å². The van der Waals surface area contributed by atoms with Crippen LogP contribution in [0.3, 0.4) is 0 Å². The zero-order chi connectivity index (χ0) is 13.7. The third-order valence-corrected chi connectivity index (χ3v) is 5.20. The molecule has 2 rings (SSSR count). The van der Waals surface area contributed by atoms with Crippen molar-refractivity contribution in [1.29, 1.82) is 5.26 Å². The molecule has 0 bridgehead atoms. The van der Waals surface area contributed by atoms with Crippen molar-refractivity contribution >= 4 is 0 Å². The molecule has 0 radical (unpaired) electrons. The van der Waals surface area contributed by atoms with Crippen LogP contribution in [0.25, 0.3) is 0 Å². The van der Waals surface area contributed by atoms with Crippen molar-refractivity contribution in [1.82, 2.24) is 0 Å². The van der Waals surface area contributed by atoms with E-state index in [0.717, 1.165) is 57.7 Å². The van der Waals surface area contributed by atoms with Crippen LogP contribution in [0.1, 0.15) is 58.3 Å². The largest absolute Gasteiger partial charge is 0.391 e. The van der Waals surface area contributed by atoms with Gasteiger partial charge in [-0.2, -0.15) is 5.26 Å². The minimum absolute atomic E-state index is 0.260. The molecule has 0 aromatic rings. The molecule has 19 heavy (non-hydrogen) atoms. The molecule has 1 saturated heterocycles. The van der Waals surface area contributed by atoms with Crippen LogP contribution in [0.15, 0.2) is 0 Å². The fourth-order valence-electron chi connectivity index (χ4n) is 3.85. The fourth-order valence-corrected chi connectivity index (χ4v) is 3.85. The highest BCUT2D eigenvalue weighted by atomic mass is 16.5. The lowest BCUT2D eigenvalue weighted by molar-refractivity contribution is -0.0544. The predicted molar refractivity (Wildman–Crippen MR) is 74.5 cm³/mol. The first-order valence-corrected chi connectivity index (χ1v) is 7.89. The highest BCUT2D eigenvalue weighted by Crippen LogP contribution is 2.45. The standard InChI is InChI=1S/C16H27NO2/c1-2-3-13-4-8-16(12-17,9-5-13)15(18)14-6-10-19-11-7-14/h13-15,18H,2-11H2,1H3. The molecule has 2 aliphatic rings. The number of hydrogen-bond donors (Lipinski definition) is 1. The topological polar surface area (TPSA) is 53.2 Å². The van der Waals surface area contributed by atoms with E-state index < -0.39 is 11.5 Å². The summed E-state index contributed by atoms with van der Waals surface area (Å²) in [6, 6.07) is 2.49. The van der Waals surface area contributed by atoms with Gasteiger partial charge in [-0.25, -0.2) is 0 Å². The van der Waals surface area contributed by atoms with Crippen molar-refractivity contribution < 1.29 is 9.84 Å². The average Bonchev–Trinajstić information content (AvgIpc) is 2.49. The number of ether oxygens (including phenoxy) is 1. The van der Waals surface area contributed by atoms with E-state index in [1.807, 2.05) is 0 Å². The second kappa shape index (κ2) is 6.72. The van der Waals surface area contributed by atoms with Crippen LogP contribution in [0.5, 0.6) is 0 Å². The third-order valence-electron chi connectivity index (χ3n) is 5.20. The summed E-state index contributed by atoms with van der Waals surface area (Å²) in [5.74, 6) is 1.03. The van der Waals surface area contributed by atoms with Crippen molar-refractivity contribution in [2.24, 2.45) is 17.3 Å². The molecule has 1 unspecified atom stereocenters. The summed E-state index contributed by atoms with van der Waals surface area (Å²) < 4.78 is 5.36. The van der Waals surface area contributed by atoms with Gasteiger partial charge in [0.25, 0.3) is 0 Å². The van der Waals surface area contributed by atoms with Gasteiger partial charge in [0.15, 0.2) is 0 Å². The second-order valence-electron chi connectivity index (χ2n) is 6.39. The summed E-state index contributed by atoms with van der Waals surface area (Å²) in [4.78, 5) is 0. The summed E-state index contributed by atoms with van der Waals surface area (Å²) in [6.07, 6.45) is 7.85. The SMILES string of the molecule is CCCC1CCC(C#N)(C(O)C2CCOCC2)CC1. The lowest BCUT2D eigenvalue weighted by Crippen LogP contribution is -2.43.